The van der Waals surface area contributed by atoms with E-state index in [4.69, 9.17) is 5.73 Å². The van der Waals surface area contributed by atoms with Crippen LogP contribution in [0, 0.1) is 11.7 Å². The predicted octanol–water partition coefficient (Wildman–Crippen LogP) is 3.14. The van der Waals surface area contributed by atoms with Crippen LogP contribution in [0.4, 0.5) is 10.1 Å². The summed E-state index contributed by atoms with van der Waals surface area (Å²) in [5, 5.41) is 0. The summed E-state index contributed by atoms with van der Waals surface area (Å²) in [7, 11) is 1.90. The van der Waals surface area contributed by atoms with Gasteiger partial charge in [-0.3, -0.25) is 0 Å². The molecule has 1 aromatic carbocycles. The molecule has 1 rings (SSSR count). The molecule has 2 N–H and O–H groups in total. The minimum absolute atomic E-state index is 0.230. The van der Waals surface area contributed by atoms with E-state index in [0.717, 1.165) is 12.1 Å². The van der Waals surface area contributed by atoms with Gasteiger partial charge < -0.3 is 10.6 Å². The zero-order valence-corrected chi connectivity index (χ0v) is 11.5. The van der Waals surface area contributed by atoms with Gasteiger partial charge in [0.25, 0.3) is 0 Å². The van der Waals surface area contributed by atoms with Crippen LogP contribution in [-0.2, 0) is 6.54 Å². The summed E-state index contributed by atoms with van der Waals surface area (Å²) >= 11 is 3.24. The molecule has 0 aliphatic rings. The highest BCUT2D eigenvalue weighted by Crippen LogP contribution is 2.29. The minimum Gasteiger partial charge on any atom is -0.372 e. The Kier molecular flexibility index (Phi) is 4.74. The monoisotopic (exact) mass is 288 g/mol. The maximum Gasteiger partial charge on any atom is 0.160 e. The van der Waals surface area contributed by atoms with Crippen molar-refractivity contribution in [2.45, 2.75) is 20.4 Å². The van der Waals surface area contributed by atoms with Gasteiger partial charge in [0.05, 0.1) is 10.2 Å². The Morgan fingerprint density at radius 1 is 1.44 bits per heavy atom. The van der Waals surface area contributed by atoms with Crippen LogP contribution in [0.3, 0.4) is 0 Å². The Morgan fingerprint density at radius 3 is 2.56 bits per heavy atom. The van der Waals surface area contributed by atoms with Crippen LogP contribution in [0.15, 0.2) is 16.6 Å². The molecule has 1 aromatic rings. The van der Waals surface area contributed by atoms with E-state index in [1.165, 1.54) is 0 Å². The van der Waals surface area contributed by atoms with E-state index in [-0.39, 0.29) is 5.82 Å². The number of nitrogens with zero attached hydrogens (tertiary/aromatic N) is 1. The Morgan fingerprint density at radius 2 is 2.06 bits per heavy atom. The smallest absolute Gasteiger partial charge is 0.160 e. The van der Waals surface area contributed by atoms with Crippen molar-refractivity contribution in [3.05, 3.63) is 28.0 Å². The second-order valence-corrected chi connectivity index (χ2v) is 5.14. The molecule has 2 nitrogen and oxygen atoms in total. The summed E-state index contributed by atoms with van der Waals surface area (Å²) in [6, 6.07) is 3.64. The summed E-state index contributed by atoms with van der Waals surface area (Å²) in [5.41, 5.74) is 6.92. The van der Waals surface area contributed by atoms with E-state index < -0.39 is 0 Å². The first-order valence-corrected chi connectivity index (χ1v) is 6.14. The molecule has 0 saturated heterocycles. The van der Waals surface area contributed by atoms with Gasteiger partial charge in [-0.05, 0) is 33.5 Å². The molecule has 0 bridgehead atoms. The molecule has 0 aliphatic carbocycles. The highest BCUT2D eigenvalue weighted by atomic mass is 79.9. The summed E-state index contributed by atoms with van der Waals surface area (Å²) in [5.74, 6) is 0.267. The molecule has 0 spiro atoms. The molecule has 0 aromatic heterocycles. The molecule has 0 saturated carbocycles. The van der Waals surface area contributed by atoms with Gasteiger partial charge in [0.15, 0.2) is 5.82 Å². The van der Waals surface area contributed by atoms with Crippen molar-refractivity contribution in [1.29, 1.82) is 0 Å². The Labute approximate surface area is 105 Å². The van der Waals surface area contributed by atoms with Crippen LogP contribution in [0.25, 0.3) is 0 Å². The number of nitrogens with two attached hydrogens (primary N) is 1. The molecule has 0 heterocycles. The van der Waals surface area contributed by atoms with Gasteiger partial charge in [-0.1, -0.05) is 19.9 Å². The first kappa shape index (κ1) is 13.5. The first-order valence-electron chi connectivity index (χ1n) is 5.35. The molecule has 0 radical (unpaired) electrons. The van der Waals surface area contributed by atoms with Gasteiger partial charge >= 0.3 is 0 Å². The van der Waals surface area contributed by atoms with Crippen molar-refractivity contribution >= 4 is 21.6 Å². The highest BCUT2D eigenvalue weighted by molar-refractivity contribution is 9.10. The number of hydrogen-bond acceptors (Lipinski definition) is 2. The van der Waals surface area contributed by atoms with E-state index in [1.54, 1.807) is 6.07 Å². The normalized spacial score (nSPS) is 10.9. The van der Waals surface area contributed by atoms with Gasteiger partial charge in [-0.2, -0.15) is 0 Å². The Balaban J connectivity index is 3.02. The van der Waals surface area contributed by atoms with Crippen molar-refractivity contribution < 1.29 is 4.39 Å². The fourth-order valence-electron chi connectivity index (χ4n) is 1.68. The van der Waals surface area contributed by atoms with E-state index in [1.807, 2.05) is 18.0 Å². The standard InChI is InChI=1S/C12H18BrFN2/c1-8(2)7-16(3)10-5-4-9(6-15)11(13)12(10)14/h4-5,8H,6-7,15H2,1-3H3. The maximum absolute atomic E-state index is 14.0. The van der Waals surface area contributed by atoms with Gasteiger partial charge in [0.1, 0.15) is 0 Å². The first-order chi connectivity index (χ1) is 7.47. The molecule has 0 fully saturated rings. The fourth-order valence-corrected chi connectivity index (χ4v) is 2.17. The Hall–Kier alpha value is -0.610. The summed E-state index contributed by atoms with van der Waals surface area (Å²) in [6.07, 6.45) is 0. The van der Waals surface area contributed by atoms with Crippen molar-refractivity contribution in [3.63, 3.8) is 0 Å². The number of rotatable bonds is 4. The molecular formula is C12H18BrFN2. The lowest BCUT2D eigenvalue weighted by molar-refractivity contribution is 0.593. The lowest BCUT2D eigenvalue weighted by atomic mass is 10.1. The number of anilines is 1. The molecule has 90 valence electrons. The second kappa shape index (κ2) is 5.64. The number of hydrogen-bond donors (Lipinski definition) is 1. The van der Waals surface area contributed by atoms with Gasteiger partial charge in [0, 0.05) is 20.1 Å². The number of benzene rings is 1. The van der Waals surface area contributed by atoms with E-state index >= 15 is 0 Å². The van der Waals surface area contributed by atoms with E-state index in [2.05, 4.69) is 29.8 Å². The van der Waals surface area contributed by atoms with Gasteiger partial charge in [0.2, 0.25) is 0 Å². The van der Waals surface area contributed by atoms with Gasteiger partial charge in [-0.15, -0.1) is 0 Å². The largest absolute Gasteiger partial charge is 0.372 e. The minimum atomic E-state index is -0.230. The summed E-state index contributed by atoms with van der Waals surface area (Å²) in [4.78, 5) is 1.92. The summed E-state index contributed by atoms with van der Waals surface area (Å²) in [6.45, 7) is 5.38. The third kappa shape index (κ3) is 2.95. The molecule has 0 atom stereocenters. The maximum atomic E-state index is 14.0. The molecule has 4 heteroatoms. The molecule has 16 heavy (non-hydrogen) atoms. The lowest BCUT2D eigenvalue weighted by Crippen LogP contribution is -2.23. The third-order valence-corrected chi connectivity index (χ3v) is 3.27. The second-order valence-electron chi connectivity index (χ2n) is 4.35. The fraction of sp³-hybridized carbons (Fsp3) is 0.500. The van der Waals surface area contributed by atoms with Crippen LogP contribution in [0.5, 0.6) is 0 Å². The molecule has 0 unspecified atom stereocenters. The van der Waals surface area contributed by atoms with Crippen molar-refractivity contribution in [2.24, 2.45) is 11.7 Å². The van der Waals surface area contributed by atoms with Crippen molar-refractivity contribution in [2.75, 3.05) is 18.5 Å². The zero-order valence-electron chi connectivity index (χ0n) is 9.93. The van der Waals surface area contributed by atoms with E-state index in [0.29, 0.717) is 22.6 Å². The van der Waals surface area contributed by atoms with Crippen molar-refractivity contribution in [1.82, 2.24) is 0 Å². The van der Waals surface area contributed by atoms with E-state index in [9.17, 15) is 4.39 Å². The Bertz CT molecular complexity index is 366. The average molecular weight is 289 g/mol. The predicted molar refractivity (Wildman–Crippen MR) is 70.1 cm³/mol. The van der Waals surface area contributed by atoms with Crippen molar-refractivity contribution in [3.8, 4) is 0 Å². The lowest BCUT2D eigenvalue weighted by Gasteiger charge is -2.23. The van der Waals surface area contributed by atoms with Gasteiger partial charge in [-0.25, -0.2) is 4.39 Å². The highest BCUT2D eigenvalue weighted by Gasteiger charge is 2.14. The van der Waals surface area contributed by atoms with Crippen LogP contribution in [0.1, 0.15) is 19.4 Å². The topological polar surface area (TPSA) is 29.3 Å². The molecule has 0 amide bonds. The zero-order chi connectivity index (χ0) is 12.3. The number of halogens is 2. The quantitative estimate of drug-likeness (QED) is 0.922. The SMILES string of the molecule is CC(C)CN(C)c1ccc(CN)c(Br)c1F. The van der Waals surface area contributed by atoms with Crippen LogP contribution in [0.2, 0.25) is 0 Å². The molecule has 0 aliphatic heterocycles. The average Bonchev–Trinajstić information content (AvgIpc) is 2.20. The summed E-state index contributed by atoms with van der Waals surface area (Å²) < 4.78 is 14.5. The molecular weight excluding hydrogens is 271 g/mol. The third-order valence-electron chi connectivity index (χ3n) is 2.41. The van der Waals surface area contributed by atoms with Crippen LogP contribution in [-0.4, -0.2) is 13.6 Å². The van der Waals surface area contributed by atoms with Crippen LogP contribution >= 0.6 is 15.9 Å². The van der Waals surface area contributed by atoms with Crippen LogP contribution < -0.4 is 10.6 Å².